The number of amides is 1. The highest BCUT2D eigenvalue weighted by Crippen LogP contribution is 2.32. The minimum absolute atomic E-state index is 0.0155. The molecule has 28 heteroatoms. The number of fused-ring (bicyclic) bond motifs is 5. The number of rotatable bonds is 16. The molecule has 1 aromatic carbocycles. The summed E-state index contributed by atoms with van der Waals surface area (Å²) in [5.74, 6) is -2.40. The monoisotopic (exact) mass is 1740 g/mol. The van der Waals surface area contributed by atoms with Crippen LogP contribution in [0.2, 0.25) is 0 Å². The molecule has 0 radical (unpaired) electrons. The average Bonchev–Trinajstić information content (AvgIpc) is 1.64. The lowest BCUT2D eigenvalue weighted by Crippen LogP contribution is -2.42. The maximum absolute atomic E-state index is 13.7. The number of hydrogen-bond acceptors (Lipinski definition) is 15. The van der Waals surface area contributed by atoms with E-state index in [9.17, 15) is 37.5 Å². The molecule has 0 unspecified atom stereocenters. The number of nitrogens with zero attached hydrogens (tertiary/aromatic N) is 18. The topological polar surface area (TPSA) is 242 Å². The Kier molecular flexibility index (Phi) is 26.7. The highest BCUT2D eigenvalue weighted by Gasteiger charge is 2.35. The van der Waals surface area contributed by atoms with Gasteiger partial charge in [-0.25, -0.2) is 33.7 Å². The molecule has 1 saturated carbocycles. The van der Waals surface area contributed by atoms with Crippen molar-refractivity contribution in [2.45, 2.75) is 144 Å². The van der Waals surface area contributed by atoms with Crippen LogP contribution in [0, 0.1) is 41.5 Å². The molecule has 26 nitrogen and oxygen atoms in total. The van der Waals surface area contributed by atoms with Crippen LogP contribution < -0.4 is 27.8 Å². The van der Waals surface area contributed by atoms with Gasteiger partial charge in [-0.2, -0.15) is 0 Å². The molecule has 666 valence electrons. The Bertz CT molecular complexity index is 7020. The van der Waals surface area contributed by atoms with Crippen molar-refractivity contribution in [1.29, 1.82) is 0 Å². The van der Waals surface area contributed by atoms with Gasteiger partial charge >= 0.3 is 0 Å². The lowest BCUT2D eigenvalue weighted by Gasteiger charge is -2.32. The van der Waals surface area contributed by atoms with E-state index in [1.54, 1.807) is 82.3 Å². The van der Waals surface area contributed by atoms with Crippen molar-refractivity contribution < 1.29 is 23.0 Å². The number of pyridine rings is 10. The van der Waals surface area contributed by atoms with E-state index >= 15 is 0 Å². The van der Waals surface area contributed by atoms with E-state index < -0.39 is 5.92 Å². The summed E-state index contributed by atoms with van der Waals surface area (Å²) in [5, 5.41) is 0. The fourth-order valence-corrected chi connectivity index (χ4v) is 17.4. The fraction of sp³-hybridized carbons (Fsp3) is 0.337. The van der Waals surface area contributed by atoms with E-state index in [1.807, 2.05) is 182 Å². The van der Waals surface area contributed by atoms with E-state index in [4.69, 9.17) is 14.5 Å². The number of alkyl halides is 2. The van der Waals surface area contributed by atoms with Crippen molar-refractivity contribution in [1.82, 2.24) is 84.5 Å². The van der Waals surface area contributed by atoms with Gasteiger partial charge in [-0.3, -0.25) is 38.6 Å². The number of aryl methyl sites for hydroxylation is 11. The van der Waals surface area contributed by atoms with Crippen molar-refractivity contribution in [3.8, 4) is 55.6 Å². The molecule has 0 bridgehead atoms. The summed E-state index contributed by atoms with van der Waals surface area (Å²) < 4.78 is 57.3. The zero-order valence-corrected chi connectivity index (χ0v) is 75.1. The molecular formula is C101H110F2N18O8. The van der Waals surface area contributed by atoms with Crippen LogP contribution in [0.4, 0.5) is 8.78 Å². The van der Waals surface area contributed by atoms with Crippen molar-refractivity contribution in [2.75, 3.05) is 45.9 Å². The number of likely N-dealkylation sites (tertiary alicyclic amines) is 2. The average molecular weight is 1740 g/mol. The highest BCUT2D eigenvalue weighted by atomic mass is 19.3. The number of halogens is 2. The number of aromatic nitrogens is 15. The predicted molar refractivity (Wildman–Crippen MR) is 499 cm³/mol. The molecular weight excluding hydrogens is 1630 g/mol. The Labute approximate surface area is 745 Å². The fourth-order valence-electron chi connectivity index (χ4n) is 17.4. The molecule has 0 atom stereocenters. The van der Waals surface area contributed by atoms with Gasteiger partial charge in [0.15, 0.2) is 0 Å². The van der Waals surface area contributed by atoms with Crippen LogP contribution in [0.5, 0.6) is 0 Å². The first-order valence-electron chi connectivity index (χ1n) is 44.1. The largest absolute Gasteiger partial charge is 0.380 e. The number of carbonyl (C=O) groups is 1. The van der Waals surface area contributed by atoms with Crippen LogP contribution in [0.1, 0.15) is 125 Å². The van der Waals surface area contributed by atoms with Gasteiger partial charge < -0.3 is 59.2 Å². The van der Waals surface area contributed by atoms with Gasteiger partial charge in [0.1, 0.15) is 28.2 Å². The lowest BCUT2D eigenvalue weighted by molar-refractivity contribution is -0.133. The van der Waals surface area contributed by atoms with E-state index in [2.05, 4.69) is 100.0 Å². The number of imidazole rings is 5. The number of hydrogen-bond donors (Lipinski definition) is 0. The van der Waals surface area contributed by atoms with Gasteiger partial charge in [-0.15, -0.1) is 0 Å². The van der Waals surface area contributed by atoms with Crippen LogP contribution in [-0.4, -0.2) is 148 Å². The normalized spacial score (nSPS) is 15.0. The Hall–Kier alpha value is -13.4. The SMILES string of the molecule is Cc1cc(-c2ccc3ncc(CN4CCCC(F)(F)C4)n3c2)cn(C)c1=O.Cc1cc(-c2ccc3ncc(CN4CCCCC4=O)n3c2)cn(C)c1=O.Cc1cc(-c2ccc3ncc(CN4CCCOCC4)n3c2)cn(C)c1=O.Cc1cc(-c2ccc3ncc(COC4CCC4)n3c2)cn(C)c1=O.Cc1nc2ccc(-c3cc(C)c(=O)n(C)c3)cn2c1Cc1ccccc1. The number of piperidine rings is 2. The summed E-state index contributed by atoms with van der Waals surface area (Å²) in [7, 11) is 8.87. The van der Waals surface area contributed by atoms with Crippen molar-refractivity contribution in [2.24, 2.45) is 35.2 Å². The number of carbonyl (C=O) groups excluding carboxylic acids is 1. The summed E-state index contributed by atoms with van der Waals surface area (Å²) in [4.78, 5) is 100. The molecule has 3 aliphatic heterocycles. The number of ether oxygens (including phenoxy) is 2. The van der Waals surface area contributed by atoms with Gasteiger partial charge in [0, 0.05) is 189 Å². The zero-order chi connectivity index (χ0) is 90.5. The molecule has 1 aliphatic carbocycles. The first-order chi connectivity index (χ1) is 62.1. The third-order valence-electron chi connectivity index (χ3n) is 24.8. The number of benzene rings is 1. The molecule has 4 fully saturated rings. The van der Waals surface area contributed by atoms with Gasteiger partial charge in [0.2, 0.25) is 5.91 Å². The van der Waals surface area contributed by atoms with Crippen LogP contribution in [0.25, 0.3) is 83.9 Å². The molecule has 3 saturated heterocycles. The molecule has 16 aromatic rings. The van der Waals surface area contributed by atoms with Crippen molar-refractivity contribution in [3.05, 3.63) is 327 Å². The van der Waals surface area contributed by atoms with Gasteiger partial charge in [-0.05, 0) is 245 Å². The van der Waals surface area contributed by atoms with Crippen LogP contribution in [0.15, 0.2) is 232 Å². The maximum Gasteiger partial charge on any atom is 0.260 e. The van der Waals surface area contributed by atoms with E-state index in [1.165, 1.54) is 36.2 Å². The van der Waals surface area contributed by atoms with Gasteiger partial charge in [0.05, 0.1) is 85.7 Å². The predicted octanol–water partition coefficient (Wildman–Crippen LogP) is 15.0. The molecule has 18 heterocycles. The Morgan fingerprint density at radius 2 is 0.791 bits per heavy atom. The first kappa shape index (κ1) is 89.0. The quantitative estimate of drug-likeness (QED) is 0.0873. The third-order valence-corrected chi connectivity index (χ3v) is 24.8. The third kappa shape index (κ3) is 20.4. The summed E-state index contributed by atoms with van der Waals surface area (Å²) in [6.07, 6.45) is 36.1. The molecule has 15 aromatic heterocycles. The minimum atomic E-state index is -2.61. The molecule has 0 spiro atoms. The summed E-state index contributed by atoms with van der Waals surface area (Å²) >= 11 is 0. The maximum atomic E-state index is 13.7. The molecule has 129 heavy (non-hydrogen) atoms. The summed E-state index contributed by atoms with van der Waals surface area (Å²) in [6.45, 7) is 18.6. The van der Waals surface area contributed by atoms with Crippen LogP contribution in [-0.2, 0) is 82.2 Å². The van der Waals surface area contributed by atoms with Crippen LogP contribution in [0.3, 0.4) is 0 Å². The minimum Gasteiger partial charge on any atom is -0.380 e. The van der Waals surface area contributed by atoms with E-state index in [0.717, 1.165) is 194 Å². The molecule has 4 aliphatic rings. The zero-order valence-electron chi connectivity index (χ0n) is 75.1. The van der Waals surface area contributed by atoms with Gasteiger partial charge in [0.25, 0.3) is 33.7 Å². The van der Waals surface area contributed by atoms with E-state index in [0.29, 0.717) is 50.8 Å². The highest BCUT2D eigenvalue weighted by molar-refractivity contribution is 5.77. The first-order valence-corrected chi connectivity index (χ1v) is 44.1. The molecule has 0 N–H and O–H groups in total. The Morgan fingerprint density at radius 1 is 0.395 bits per heavy atom. The standard InChI is InChI=1S/C22H21N3O.C20H22F2N4O.C20H24N4O2.C20H22N4O2.C19H21N3O2/c1-15-11-19(13-24(3)22(15)26)18-9-10-21-23-16(2)20(25(21)14-18)12-17-7-5-4-6-8-17;1-14-8-16(10-24(2)19(14)27)15-4-5-18-23-9-17(26(18)11-15)12-25-7-3-6-20(21,22)13-25;1-15-10-17(12-22(2)20(15)25)16-4-5-19-21-11-18(24(19)13-16)14-23-6-3-8-26-9-7-23;1-14-9-16(11-22(2)20(14)26)15-6-7-18-21-10-17(24(18)12-15)13-23-8-4-3-5-19(23)25;1-13-8-15(10-21(2)19(13)23)14-6-7-18-20-9-16(22(18)11-14)12-24-17-4-3-5-17/h4-11,13-14H,12H2,1-3H3;4-5,8-11H,3,6-7,12-13H2,1-2H3;4-5,10-13H,3,6-9,14H2,1-2H3;6-7,9-12H,3-5,8,13H2,1-2H3;6-11,17H,3-5,12H2,1-2H3. The Morgan fingerprint density at radius 3 is 1.20 bits per heavy atom. The summed E-state index contributed by atoms with van der Waals surface area (Å²) in [5.41, 5.74) is 26.0. The van der Waals surface area contributed by atoms with Crippen molar-refractivity contribution in [3.63, 3.8) is 0 Å². The lowest BCUT2D eigenvalue weighted by atomic mass is 9.96. The second-order valence-corrected chi connectivity index (χ2v) is 34.7. The van der Waals surface area contributed by atoms with Crippen molar-refractivity contribution >= 4 is 34.1 Å². The Balaban J connectivity index is 0.000000118. The van der Waals surface area contributed by atoms with Gasteiger partial charge in [-0.1, -0.05) is 30.3 Å². The molecule has 1 amide bonds. The van der Waals surface area contributed by atoms with Crippen LogP contribution >= 0.6 is 0 Å². The second-order valence-electron chi connectivity index (χ2n) is 34.7. The smallest absolute Gasteiger partial charge is 0.260 e. The second kappa shape index (κ2) is 38.6. The molecule has 20 rings (SSSR count). The summed E-state index contributed by atoms with van der Waals surface area (Å²) in [6, 6.07) is 40.1. The van der Waals surface area contributed by atoms with E-state index in [-0.39, 0.29) is 46.7 Å².